The second-order valence-corrected chi connectivity index (χ2v) is 5.13. The molecule has 1 heterocycles. The second-order valence-electron chi connectivity index (χ2n) is 5.13. The summed E-state index contributed by atoms with van der Waals surface area (Å²) in [7, 11) is 0. The van der Waals surface area contributed by atoms with Gasteiger partial charge in [-0.2, -0.15) is 0 Å². The molecule has 1 atom stereocenters. The monoisotopic (exact) mass is 258 g/mol. The van der Waals surface area contributed by atoms with Crippen LogP contribution in [0.4, 0.5) is 0 Å². The average Bonchev–Trinajstić information content (AvgIpc) is 2.82. The number of para-hydroxylation sites is 1. The van der Waals surface area contributed by atoms with E-state index in [-0.39, 0.29) is 0 Å². The molecule has 2 aromatic rings. The van der Waals surface area contributed by atoms with E-state index in [9.17, 15) is 5.11 Å². The lowest BCUT2D eigenvalue weighted by Gasteiger charge is -2.17. The van der Waals surface area contributed by atoms with Gasteiger partial charge in [0.25, 0.3) is 0 Å². The van der Waals surface area contributed by atoms with Gasteiger partial charge in [-0.15, -0.1) is 0 Å². The molecule has 0 aliphatic heterocycles. The van der Waals surface area contributed by atoms with E-state index in [1.807, 2.05) is 18.2 Å². The van der Waals surface area contributed by atoms with Gasteiger partial charge >= 0.3 is 0 Å². The van der Waals surface area contributed by atoms with Crippen LogP contribution < -0.4 is 5.73 Å². The minimum absolute atomic E-state index is 0.290. The second kappa shape index (κ2) is 5.05. The number of fused-ring (bicyclic) bond motifs is 1. The Morgan fingerprint density at radius 1 is 1.37 bits per heavy atom. The SMILES string of the molecule is NCC1CCc2oc(Cc3ccccc3O)nc2C1. The van der Waals surface area contributed by atoms with Crippen LogP contribution in [0, 0.1) is 5.92 Å². The van der Waals surface area contributed by atoms with E-state index in [4.69, 9.17) is 10.2 Å². The van der Waals surface area contributed by atoms with Gasteiger partial charge in [0.15, 0.2) is 5.89 Å². The first kappa shape index (κ1) is 12.2. The van der Waals surface area contributed by atoms with Crippen LogP contribution >= 0.6 is 0 Å². The molecule has 1 aliphatic rings. The standard InChI is InChI=1S/C15H18N2O2/c16-9-10-5-6-14-12(7-10)17-15(19-14)8-11-3-1-2-4-13(11)18/h1-4,10,18H,5-9,16H2. The highest BCUT2D eigenvalue weighted by atomic mass is 16.4. The number of nitrogens with zero attached hydrogens (tertiary/aromatic N) is 1. The Labute approximate surface area is 112 Å². The van der Waals surface area contributed by atoms with Crippen LogP contribution in [0.5, 0.6) is 5.75 Å². The van der Waals surface area contributed by atoms with Crippen molar-refractivity contribution in [3.8, 4) is 5.75 Å². The molecule has 0 spiro atoms. The smallest absolute Gasteiger partial charge is 0.199 e. The van der Waals surface area contributed by atoms with Crippen molar-refractivity contribution in [2.75, 3.05) is 6.54 Å². The molecule has 100 valence electrons. The molecule has 1 aliphatic carbocycles. The van der Waals surface area contributed by atoms with Gasteiger partial charge in [-0.05, 0) is 31.4 Å². The zero-order chi connectivity index (χ0) is 13.2. The van der Waals surface area contributed by atoms with E-state index in [1.54, 1.807) is 6.07 Å². The summed E-state index contributed by atoms with van der Waals surface area (Å²) in [5, 5.41) is 9.77. The molecule has 0 bridgehead atoms. The topological polar surface area (TPSA) is 72.3 Å². The van der Waals surface area contributed by atoms with E-state index in [2.05, 4.69) is 4.98 Å². The summed E-state index contributed by atoms with van der Waals surface area (Å²) in [5.41, 5.74) is 7.61. The molecule has 0 fully saturated rings. The van der Waals surface area contributed by atoms with E-state index in [0.717, 1.165) is 36.3 Å². The van der Waals surface area contributed by atoms with Gasteiger partial charge in [0.1, 0.15) is 11.5 Å². The maximum atomic E-state index is 9.77. The summed E-state index contributed by atoms with van der Waals surface area (Å²) < 4.78 is 5.79. The predicted octanol–water partition coefficient (Wildman–Crippen LogP) is 2.03. The van der Waals surface area contributed by atoms with Gasteiger partial charge in [0.2, 0.25) is 0 Å². The highest BCUT2D eigenvalue weighted by molar-refractivity contribution is 5.34. The van der Waals surface area contributed by atoms with Crippen LogP contribution in [0.25, 0.3) is 0 Å². The molecule has 0 saturated heterocycles. The van der Waals surface area contributed by atoms with Gasteiger partial charge in [0, 0.05) is 12.0 Å². The Hall–Kier alpha value is -1.81. The van der Waals surface area contributed by atoms with Crippen molar-refractivity contribution in [2.45, 2.75) is 25.7 Å². The number of hydrogen-bond acceptors (Lipinski definition) is 4. The molecule has 4 heteroatoms. The molecular formula is C15H18N2O2. The number of rotatable bonds is 3. The van der Waals surface area contributed by atoms with E-state index in [1.165, 1.54) is 0 Å². The third-order valence-electron chi connectivity index (χ3n) is 3.75. The Morgan fingerprint density at radius 3 is 3.00 bits per heavy atom. The number of aromatic hydroxyl groups is 1. The van der Waals surface area contributed by atoms with Crippen molar-refractivity contribution >= 4 is 0 Å². The molecular weight excluding hydrogens is 240 g/mol. The van der Waals surface area contributed by atoms with Gasteiger partial charge < -0.3 is 15.3 Å². The number of hydrogen-bond donors (Lipinski definition) is 2. The molecule has 19 heavy (non-hydrogen) atoms. The lowest BCUT2D eigenvalue weighted by Crippen LogP contribution is -2.21. The summed E-state index contributed by atoms with van der Waals surface area (Å²) >= 11 is 0. The van der Waals surface area contributed by atoms with Crippen molar-refractivity contribution in [1.82, 2.24) is 4.98 Å². The number of aryl methyl sites for hydroxylation is 1. The van der Waals surface area contributed by atoms with Crippen LogP contribution in [0.2, 0.25) is 0 Å². The fraction of sp³-hybridized carbons (Fsp3) is 0.400. The molecule has 0 amide bonds. The van der Waals surface area contributed by atoms with Gasteiger partial charge in [0.05, 0.1) is 12.1 Å². The molecule has 4 nitrogen and oxygen atoms in total. The van der Waals surface area contributed by atoms with E-state index >= 15 is 0 Å². The number of phenolic OH excluding ortho intramolecular Hbond substituents is 1. The Bertz CT molecular complexity index is 577. The third kappa shape index (κ3) is 2.49. The Kier molecular flexibility index (Phi) is 3.25. The van der Waals surface area contributed by atoms with E-state index < -0.39 is 0 Å². The van der Waals surface area contributed by atoms with Crippen LogP contribution in [-0.2, 0) is 19.3 Å². The molecule has 0 radical (unpaired) electrons. The highest BCUT2D eigenvalue weighted by Gasteiger charge is 2.23. The summed E-state index contributed by atoms with van der Waals surface area (Å²) in [6, 6.07) is 7.29. The fourth-order valence-corrected chi connectivity index (χ4v) is 2.60. The van der Waals surface area contributed by atoms with Gasteiger partial charge in [-0.25, -0.2) is 4.98 Å². The van der Waals surface area contributed by atoms with Crippen molar-refractivity contribution in [2.24, 2.45) is 11.7 Å². The zero-order valence-electron chi connectivity index (χ0n) is 10.8. The van der Waals surface area contributed by atoms with Gasteiger partial charge in [-0.1, -0.05) is 18.2 Å². The molecule has 1 aromatic carbocycles. The average molecular weight is 258 g/mol. The number of aromatic nitrogens is 1. The van der Waals surface area contributed by atoms with Crippen molar-refractivity contribution < 1.29 is 9.52 Å². The lowest BCUT2D eigenvalue weighted by atomic mass is 9.90. The van der Waals surface area contributed by atoms with Crippen LogP contribution in [-0.4, -0.2) is 16.6 Å². The fourth-order valence-electron chi connectivity index (χ4n) is 2.60. The highest BCUT2D eigenvalue weighted by Crippen LogP contribution is 2.27. The quantitative estimate of drug-likeness (QED) is 0.883. The number of nitrogens with two attached hydrogens (primary N) is 1. The first-order valence-corrected chi connectivity index (χ1v) is 6.70. The lowest BCUT2D eigenvalue weighted by molar-refractivity contribution is 0.398. The van der Waals surface area contributed by atoms with Crippen molar-refractivity contribution in [3.05, 3.63) is 47.2 Å². The molecule has 0 saturated carbocycles. The third-order valence-corrected chi connectivity index (χ3v) is 3.75. The first-order valence-electron chi connectivity index (χ1n) is 6.70. The Morgan fingerprint density at radius 2 is 2.21 bits per heavy atom. The minimum atomic E-state index is 0.290. The van der Waals surface area contributed by atoms with E-state index in [0.29, 0.717) is 30.5 Å². The molecule has 3 rings (SSSR count). The maximum Gasteiger partial charge on any atom is 0.199 e. The number of phenols is 1. The molecule has 1 aromatic heterocycles. The number of benzene rings is 1. The normalized spacial score (nSPS) is 18.3. The largest absolute Gasteiger partial charge is 0.508 e. The van der Waals surface area contributed by atoms with Crippen LogP contribution in [0.1, 0.15) is 29.3 Å². The maximum absolute atomic E-state index is 9.77. The van der Waals surface area contributed by atoms with Gasteiger partial charge in [-0.3, -0.25) is 0 Å². The molecule has 1 unspecified atom stereocenters. The first-order chi connectivity index (χ1) is 9.26. The number of oxazole rings is 1. The van der Waals surface area contributed by atoms with Crippen LogP contribution in [0.3, 0.4) is 0 Å². The zero-order valence-corrected chi connectivity index (χ0v) is 10.8. The summed E-state index contributed by atoms with van der Waals surface area (Å²) in [5.74, 6) is 2.49. The predicted molar refractivity (Wildman–Crippen MR) is 72.0 cm³/mol. The molecule has 3 N–H and O–H groups in total. The van der Waals surface area contributed by atoms with Crippen molar-refractivity contribution in [1.29, 1.82) is 0 Å². The van der Waals surface area contributed by atoms with Crippen molar-refractivity contribution in [3.63, 3.8) is 0 Å². The summed E-state index contributed by atoms with van der Waals surface area (Å²) in [4.78, 5) is 4.55. The summed E-state index contributed by atoms with van der Waals surface area (Å²) in [6.07, 6.45) is 3.45. The minimum Gasteiger partial charge on any atom is -0.508 e. The van der Waals surface area contributed by atoms with Crippen LogP contribution in [0.15, 0.2) is 28.7 Å². The summed E-state index contributed by atoms with van der Waals surface area (Å²) in [6.45, 7) is 0.709. The Balaban J connectivity index is 1.80.